The van der Waals surface area contributed by atoms with E-state index in [0.29, 0.717) is 5.56 Å². The molecule has 0 aliphatic carbocycles. The Kier molecular flexibility index (Phi) is 6.49. The molecule has 118 valence electrons. The van der Waals surface area contributed by atoms with Crippen LogP contribution in [0.25, 0.3) is 0 Å². The highest BCUT2D eigenvalue weighted by atomic mass is 16.2. The second kappa shape index (κ2) is 7.88. The summed E-state index contributed by atoms with van der Waals surface area (Å²) in [5, 5.41) is 0. The Morgan fingerprint density at radius 1 is 1.14 bits per heavy atom. The third-order valence-electron chi connectivity index (χ3n) is 3.44. The van der Waals surface area contributed by atoms with Gasteiger partial charge in [-0.25, -0.2) is 0 Å². The Balaban J connectivity index is 2.92. The molecule has 0 radical (unpaired) electrons. The fourth-order valence-electron chi connectivity index (χ4n) is 2.24. The maximum absolute atomic E-state index is 12.1. The predicted octanol–water partition coefficient (Wildman–Crippen LogP) is 1.75. The molecule has 21 heavy (non-hydrogen) atoms. The molecule has 1 aromatic carbocycles. The van der Waals surface area contributed by atoms with Crippen LogP contribution in [-0.4, -0.2) is 63.5 Å². The van der Waals surface area contributed by atoms with Crippen molar-refractivity contribution in [3.63, 3.8) is 0 Å². The van der Waals surface area contributed by atoms with E-state index in [0.717, 1.165) is 37.4 Å². The van der Waals surface area contributed by atoms with E-state index >= 15 is 0 Å². The Morgan fingerprint density at radius 2 is 1.81 bits per heavy atom. The van der Waals surface area contributed by atoms with Crippen molar-refractivity contribution in [2.75, 3.05) is 58.5 Å². The smallest absolute Gasteiger partial charge is 0.253 e. The summed E-state index contributed by atoms with van der Waals surface area (Å²) in [6, 6.07) is 5.51. The average molecular weight is 292 g/mol. The number of nitrogens with zero attached hydrogens (tertiary/aromatic N) is 3. The number of benzene rings is 1. The van der Waals surface area contributed by atoms with Crippen molar-refractivity contribution in [3.05, 3.63) is 23.8 Å². The number of anilines is 2. The van der Waals surface area contributed by atoms with Gasteiger partial charge in [0.15, 0.2) is 0 Å². The van der Waals surface area contributed by atoms with Crippen LogP contribution >= 0.6 is 0 Å². The van der Waals surface area contributed by atoms with Gasteiger partial charge in [-0.3, -0.25) is 4.79 Å². The molecule has 0 aromatic heterocycles. The highest BCUT2D eigenvalue weighted by molar-refractivity contribution is 5.96. The Hall–Kier alpha value is -1.75. The normalized spacial score (nSPS) is 10.8. The number of hydrogen-bond acceptors (Lipinski definition) is 4. The lowest BCUT2D eigenvalue weighted by Gasteiger charge is -2.26. The lowest BCUT2D eigenvalue weighted by atomic mass is 10.1. The van der Waals surface area contributed by atoms with Crippen LogP contribution in [0.1, 0.15) is 23.7 Å². The first-order valence-corrected chi connectivity index (χ1v) is 7.37. The van der Waals surface area contributed by atoms with E-state index in [2.05, 4.69) is 30.8 Å². The zero-order valence-corrected chi connectivity index (χ0v) is 13.9. The molecule has 1 aromatic rings. The molecular weight excluding hydrogens is 264 g/mol. The molecule has 5 nitrogen and oxygen atoms in total. The van der Waals surface area contributed by atoms with Gasteiger partial charge in [-0.05, 0) is 52.2 Å². The first kappa shape index (κ1) is 17.3. The number of rotatable bonds is 7. The highest BCUT2D eigenvalue weighted by Crippen LogP contribution is 2.25. The van der Waals surface area contributed by atoms with Crippen LogP contribution in [0.5, 0.6) is 0 Å². The van der Waals surface area contributed by atoms with Crippen molar-refractivity contribution in [2.45, 2.75) is 13.3 Å². The highest BCUT2D eigenvalue weighted by Gasteiger charge is 2.13. The summed E-state index contributed by atoms with van der Waals surface area (Å²) in [6.07, 6.45) is 1.06. The third kappa shape index (κ3) is 4.93. The molecule has 0 aliphatic rings. The number of carbonyl (C=O) groups is 1. The van der Waals surface area contributed by atoms with E-state index < -0.39 is 0 Å². The summed E-state index contributed by atoms with van der Waals surface area (Å²) in [5.74, 6) is 0.000551. The van der Waals surface area contributed by atoms with Crippen molar-refractivity contribution in [3.8, 4) is 0 Å². The van der Waals surface area contributed by atoms with E-state index in [4.69, 9.17) is 5.73 Å². The van der Waals surface area contributed by atoms with Crippen LogP contribution in [0, 0.1) is 0 Å². The van der Waals surface area contributed by atoms with Crippen molar-refractivity contribution in [2.24, 2.45) is 0 Å². The Labute approximate surface area is 128 Å². The van der Waals surface area contributed by atoms with Crippen LogP contribution in [0.4, 0.5) is 11.4 Å². The quantitative estimate of drug-likeness (QED) is 0.778. The number of carbonyl (C=O) groups excluding carboxylic acids is 1. The molecule has 0 atom stereocenters. The zero-order valence-electron chi connectivity index (χ0n) is 13.9. The zero-order chi connectivity index (χ0) is 16.0. The van der Waals surface area contributed by atoms with Crippen molar-refractivity contribution < 1.29 is 4.79 Å². The van der Waals surface area contributed by atoms with Gasteiger partial charge in [0.25, 0.3) is 5.91 Å². The minimum atomic E-state index is 0.000551. The number of hydrogen-bond donors (Lipinski definition) is 1. The van der Waals surface area contributed by atoms with Gasteiger partial charge in [0.1, 0.15) is 0 Å². The van der Waals surface area contributed by atoms with Crippen LogP contribution in [0.15, 0.2) is 18.2 Å². The van der Waals surface area contributed by atoms with Gasteiger partial charge >= 0.3 is 0 Å². The van der Waals surface area contributed by atoms with E-state index in [1.54, 1.807) is 25.1 Å². The topological polar surface area (TPSA) is 52.8 Å². The Bertz CT molecular complexity index is 471. The maximum Gasteiger partial charge on any atom is 0.253 e. The summed E-state index contributed by atoms with van der Waals surface area (Å²) in [6.45, 7) is 4.94. The molecule has 0 saturated heterocycles. The summed E-state index contributed by atoms with van der Waals surface area (Å²) in [7, 11) is 7.65. The minimum absolute atomic E-state index is 0.000551. The van der Waals surface area contributed by atoms with Crippen molar-refractivity contribution in [1.82, 2.24) is 9.80 Å². The lowest BCUT2D eigenvalue weighted by molar-refractivity contribution is 0.0827. The number of nitrogen functional groups attached to an aromatic ring is 1. The standard InChI is InChI=1S/C16H28N4O/c1-6-20(11-7-10-18(2)3)15-12-13(8-9-14(15)17)16(21)19(4)5/h8-9,12H,6-7,10-11,17H2,1-5H3. The molecule has 5 heteroatoms. The monoisotopic (exact) mass is 292 g/mol. The number of nitrogens with two attached hydrogens (primary N) is 1. The fourth-order valence-corrected chi connectivity index (χ4v) is 2.24. The summed E-state index contributed by atoms with van der Waals surface area (Å²) in [4.78, 5) is 18.1. The molecular formula is C16H28N4O. The van der Waals surface area contributed by atoms with E-state index in [9.17, 15) is 4.79 Å². The Morgan fingerprint density at radius 3 is 2.33 bits per heavy atom. The van der Waals surface area contributed by atoms with Gasteiger partial charge in [0, 0.05) is 32.7 Å². The van der Waals surface area contributed by atoms with Gasteiger partial charge in [-0.2, -0.15) is 0 Å². The molecule has 0 saturated carbocycles. The van der Waals surface area contributed by atoms with E-state index in [1.807, 2.05) is 12.1 Å². The van der Waals surface area contributed by atoms with Gasteiger partial charge in [-0.1, -0.05) is 0 Å². The second-order valence-corrected chi connectivity index (χ2v) is 5.71. The number of amides is 1. The maximum atomic E-state index is 12.1. The molecule has 0 spiro atoms. The van der Waals surface area contributed by atoms with Crippen molar-refractivity contribution >= 4 is 17.3 Å². The van der Waals surface area contributed by atoms with Gasteiger partial charge < -0.3 is 20.4 Å². The van der Waals surface area contributed by atoms with Crippen LogP contribution in [0.2, 0.25) is 0 Å². The molecule has 0 fully saturated rings. The van der Waals surface area contributed by atoms with Gasteiger partial charge in [0.05, 0.1) is 11.4 Å². The van der Waals surface area contributed by atoms with Crippen LogP contribution in [0.3, 0.4) is 0 Å². The van der Waals surface area contributed by atoms with Crippen molar-refractivity contribution in [1.29, 1.82) is 0 Å². The first-order chi connectivity index (χ1) is 9.86. The molecule has 0 aliphatic heterocycles. The van der Waals surface area contributed by atoms with E-state index in [1.165, 1.54) is 0 Å². The molecule has 0 bridgehead atoms. The minimum Gasteiger partial charge on any atom is -0.397 e. The summed E-state index contributed by atoms with van der Waals surface area (Å²) >= 11 is 0. The molecule has 2 N–H and O–H groups in total. The fraction of sp³-hybridized carbons (Fsp3) is 0.562. The van der Waals surface area contributed by atoms with Gasteiger partial charge in [0.2, 0.25) is 0 Å². The van der Waals surface area contributed by atoms with E-state index in [-0.39, 0.29) is 5.91 Å². The molecule has 1 rings (SSSR count). The molecule has 0 unspecified atom stereocenters. The largest absolute Gasteiger partial charge is 0.397 e. The van der Waals surface area contributed by atoms with Crippen LogP contribution in [-0.2, 0) is 0 Å². The average Bonchev–Trinajstić information content (AvgIpc) is 2.43. The summed E-state index contributed by atoms with van der Waals surface area (Å²) in [5.41, 5.74) is 8.44. The third-order valence-corrected chi connectivity index (χ3v) is 3.44. The second-order valence-electron chi connectivity index (χ2n) is 5.71. The summed E-state index contributed by atoms with van der Waals surface area (Å²) < 4.78 is 0. The van der Waals surface area contributed by atoms with Gasteiger partial charge in [-0.15, -0.1) is 0 Å². The lowest BCUT2D eigenvalue weighted by Crippen LogP contribution is -2.28. The predicted molar refractivity (Wildman–Crippen MR) is 89.9 cm³/mol. The molecule has 0 heterocycles. The SMILES string of the molecule is CCN(CCCN(C)C)c1cc(C(=O)N(C)C)ccc1N. The first-order valence-electron chi connectivity index (χ1n) is 7.37. The molecule has 1 amide bonds. The van der Waals surface area contributed by atoms with Crippen LogP contribution < -0.4 is 10.6 Å².